The standard InChI is InChI=1S/C17H17ClN2O2/c1-3-16(21)19-14-9-6-10-15(11(14)2)20-17(22)12-7-4-5-8-13(12)18/h4-10H,3H2,1-2H3,(H,19,21)(H,20,22). The van der Waals surface area contributed by atoms with E-state index in [0.29, 0.717) is 28.4 Å². The Hall–Kier alpha value is -2.33. The van der Waals surface area contributed by atoms with E-state index in [-0.39, 0.29) is 11.8 Å². The summed E-state index contributed by atoms with van der Waals surface area (Å²) in [4.78, 5) is 23.8. The number of carbonyl (C=O) groups excluding carboxylic acids is 2. The van der Waals surface area contributed by atoms with Crippen LogP contribution >= 0.6 is 11.6 Å². The molecule has 2 rings (SSSR count). The molecule has 0 unspecified atom stereocenters. The third-order valence-electron chi connectivity index (χ3n) is 3.30. The summed E-state index contributed by atoms with van der Waals surface area (Å²) in [6.45, 7) is 3.63. The van der Waals surface area contributed by atoms with Crippen molar-refractivity contribution in [1.82, 2.24) is 0 Å². The third-order valence-corrected chi connectivity index (χ3v) is 3.63. The first-order valence-electron chi connectivity index (χ1n) is 6.98. The number of carbonyl (C=O) groups is 2. The minimum Gasteiger partial charge on any atom is -0.326 e. The van der Waals surface area contributed by atoms with Crippen LogP contribution in [0.15, 0.2) is 42.5 Å². The lowest BCUT2D eigenvalue weighted by Gasteiger charge is -2.13. The van der Waals surface area contributed by atoms with E-state index in [1.54, 1.807) is 49.4 Å². The molecule has 0 aromatic heterocycles. The molecule has 114 valence electrons. The Bertz CT molecular complexity index is 714. The Kier molecular flexibility index (Phi) is 5.17. The van der Waals surface area contributed by atoms with Crippen molar-refractivity contribution in [1.29, 1.82) is 0 Å². The molecule has 2 aromatic rings. The Balaban J connectivity index is 2.23. The summed E-state index contributed by atoms with van der Waals surface area (Å²) in [5.74, 6) is -0.356. The van der Waals surface area contributed by atoms with Gasteiger partial charge in [-0.2, -0.15) is 0 Å². The maximum absolute atomic E-state index is 12.3. The molecule has 0 atom stereocenters. The molecule has 0 spiro atoms. The zero-order valence-corrected chi connectivity index (χ0v) is 13.2. The van der Waals surface area contributed by atoms with Crippen LogP contribution in [0.25, 0.3) is 0 Å². The second-order valence-corrected chi connectivity index (χ2v) is 5.22. The predicted molar refractivity (Wildman–Crippen MR) is 89.5 cm³/mol. The van der Waals surface area contributed by atoms with E-state index >= 15 is 0 Å². The van der Waals surface area contributed by atoms with Gasteiger partial charge in [0.1, 0.15) is 0 Å². The smallest absolute Gasteiger partial charge is 0.257 e. The van der Waals surface area contributed by atoms with Crippen LogP contribution in [0.5, 0.6) is 0 Å². The van der Waals surface area contributed by atoms with Gasteiger partial charge in [0.2, 0.25) is 5.91 Å². The Morgan fingerprint density at radius 1 is 1.00 bits per heavy atom. The molecule has 5 heteroatoms. The van der Waals surface area contributed by atoms with Gasteiger partial charge in [0, 0.05) is 17.8 Å². The quantitative estimate of drug-likeness (QED) is 0.886. The molecular formula is C17H17ClN2O2. The van der Waals surface area contributed by atoms with Crippen LogP contribution in [0.2, 0.25) is 5.02 Å². The second-order valence-electron chi connectivity index (χ2n) is 4.81. The molecule has 22 heavy (non-hydrogen) atoms. The molecule has 0 aliphatic carbocycles. The first-order valence-corrected chi connectivity index (χ1v) is 7.36. The Morgan fingerprint density at radius 2 is 1.64 bits per heavy atom. The molecule has 0 fully saturated rings. The van der Waals surface area contributed by atoms with Gasteiger partial charge in [-0.3, -0.25) is 9.59 Å². The van der Waals surface area contributed by atoms with E-state index in [0.717, 1.165) is 5.56 Å². The van der Waals surface area contributed by atoms with Crippen molar-refractivity contribution in [3.05, 3.63) is 58.6 Å². The van der Waals surface area contributed by atoms with Crippen molar-refractivity contribution < 1.29 is 9.59 Å². The summed E-state index contributed by atoms with van der Waals surface area (Å²) in [5, 5.41) is 6.03. The van der Waals surface area contributed by atoms with E-state index in [1.807, 2.05) is 6.92 Å². The van der Waals surface area contributed by atoms with Gasteiger partial charge in [0.05, 0.1) is 10.6 Å². The SMILES string of the molecule is CCC(=O)Nc1cccc(NC(=O)c2ccccc2Cl)c1C. The molecule has 0 aliphatic heterocycles. The minimum atomic E-state index is -0.285. The van der Waals surface area contributed by atoms with Gasteiger partial charge in [-0.1, -0.05) is 36.7 Å². The minimum absolute atomic E-state index is 0.0716. The molecule has 2 N–H and O–H groups in total. The lowest BCUT2D eigenvalue weighted by atomic mass is 10.1. The highest BCUT2D eigenvalue weighted by molar-refractivity contribution is 6.34. The lowest BCUT2D eigenvalue weighted by Crippen LogP contribution is -2.15. The molecule has 4 nitrogen and oxygen atoms in total. The van der Waals surface area contributed by atoms with E-state index in [9.17, 15) is 9.59 Å². The van der Waals surface area contributed by atoms with Crippen LogP contribution in [0.1, 0.15) is 29.3 Å². The second kappa shape index (κ2) is 7.09. The Morgan fingerprint density at radius 3 is 2.27 bits per heavy atom. The average molecular weight is 317 g/mol. The third kappa shape index (κ3) is 3.65. The molecule has 0 radical (unpaired) electrons. The first-order chi connectivity index (χ1) is 10.5. The highest BCUT2D eigenvalue weighted by Crippen LogP contribution is 2.25. The number of nitrogens with one attached hydrogen (secondary N) is 2. The van der Waals surface area contributed by atoms with Crippen molar-refractivity contribution in [2.45, 2.75) is 20.3 Å². The number of benzene rings is 2. The fraction of sp³-hybridized carbons (Fsp3) is 0.176. The fourth-order valence-corrected chi connectivity index (χ4v) is 2.20. The molecule has 0 bridgehead atoms. The van der Waals surface area contributed by atoms with Gasteiger partial charge in [-0.15, -0.1) is 0 Å². The van der Waals surface area contributed by atoms with Crippen LogP contribution < -0.4 is 10.6 Å². The average Bonchev–Trinajstić information content (AvgIpc) is 2.51. The highest BCUT2D eigenvalue weighted by Gasteiger charge is 2.12. The van der Waals surface area contributed by atoms with Crippen molar-refractivity contribution >= 4 is 34.8 Å². The summed E-state index contributed by atoms with van der Waals surface area (Å²) >= 11 is 6.03. The fourth-order valence-electron chi connectivity index (χ4n) is 1.98. The van der Waals surface area contributed by atoms with Gasteiger partial charge in [0.25, 0.3) is 5.91 Å². The van der Waals surface area contributed by atoms with Crippen molar-refractivity contribution in [2.75, 3.05) is 10.6 Å². The maximum Gasteiger partial charge on any atom is 0.257 e. The van der Waals surface area contributed by atoms with E-state index in [2.05, 4.69) is 10.6 Å². The monoisotopic (exact) mass is 316 g/mol. The van der Waals surface area contributed by atoms with Crippen LogP contribution in [0.4, 0.5) is 11.4 Å². The van der Waals surface area contributed by atoms with Crippen molar-refractivity contribution in [3.63, 3.8) is 0 Å². The number of halogens is 1. The summed E-state index contributed by atoms with van der Waals surface area (Å²) < 4.78 is 0. The summed E-state index contributed by atoms with van der Waals surface area (Å²) in [7, 11) is 0. The molecule has 0 saturated carbocycles. The van der Waals surface area contributed by atoms with Gasteiger partial charge < -0.3 is 10.6 Å². The summed E-state index contributed by atoms with van der Waals surface area (Å²) in [5.41, 5.74) is 2.53. The van der Waals surface area contributed by atoms with Crippen LogP contribution in [0, 0.1) is 6.92 Å². The van der Waals surface area contributed by atoms with Crippen LogP contribution in [-0.2, 0) is 4.79 Å². The molecule has 2 aromatic carbocycles. The number of hydrogen-bond donors (Lipinski definition) is 2. The topological polar surface area (TPSA) is 58.2 Å². The molecule has 0 saturated heterocycles. The zero-order valence-electron chi connectivity index (χ0n) is 12.4. The summed E-state index contributed by atoms with van der Waals surface area (Å²) in [6, 6.07) is 12.2. The molecular weight excluding hydrogens is 300 g/mol. The van der Waals surface area contributed by atoms with Gasteiger partial charge in [0.15, 0.2) is 0 Å². The largest absolute Gasteiger partial charge is 0.326 e. The number of hydrogen-bond acceptors (Lipinski definition) is 2. The number of amides is 2. The van der Waals surface area contributed by atoms with Crippen molar-refractivity contribution in [3.8, 4) is 0 Å². The maximum atomic E-state index is 12.3. The lowest BCUT2D eigenvalue weighted by molar-refractivity contribution is -0.115. The van der Waals surface area contributed by atoms with Gasteiger partial charge >= 0.3 is 0 Å². The van der Waals surface area contributed by atoms with Crippen LogP contribution in [0.3, 0.4) is 0 Å². The van der Waals surface area contributed by atoms with E-state index in [4.69, 9.17) is 11.6 Å². The van der Waals surface area contributed by atoms with E-state index < -0.39 is 0 Å². The van der Waals surface area contributed by atoms with Crippen molar-refractivity contribution in [2.24, 2.45) is 0 Å². The first kappa shape index (κ1) is 16.0. The van der Waals surface area contributed by atoms with Crippen LogP contribution in [-0.4, -0.2) is 11.8 Å². The van der Waals surface area contributed by atoms with Gasteiger partial charge in [-0.25, -0.2) is 0 Å². The zero-order chi connectivity index (χ0) is 16.1. The summed E-state index contributed by atoms with van der Waals surface area (Å²) in [6.07, 6.45) is 0.398. The Labute approximate surface area is 134 Å². The molecule has 2 amide bonds. The number of anilines is 2. The predicted octanol–water partition coefficient (Wildman–Crippen LogP) is 4.25. The molecule has 0 aliphatic rings. The van der Waals surface area contributed by atoms with E-state index in [1.165, 1.54) is 0 Å². The highest BCUT2D eigenvalue weighted by atomic mass is 35.5. The normalized spacial score (nSPS) is 10.1. The number of rotatable bonds is 4. The van der Waals surface area contributed by atoms with Gasteiger partial charge in [-0.05, 0) is 36.8 Å². The molecule has 0 heterocycles.